The second-order valence-corrected chi connectivity index (χ2v) is 8.80. The minimum Gasteiger partial charge on any atom is -0.495 e. The lowest BCUT2D eigenvalue weighted by Gasteiger charge is -2.28. The minimum atomic E-state index is -3.70. The van der Waals surface area contributed by atoms with Crippen LogP contribution in [-0.4, -0.2) is 51.7 Å². The molecule has 0 saturated carbocycles. The van der Waals surface area contributed by atoms with Crippen LogP contribution < -0.4 is 19.1 Å². The highest BCUT2D eigenvalue weighted by molar-refractivity contribution is 7.89. The Morgan fingerprint density at radius 1 is 1.10 bits per heavy atom. The maximum Gasteiger partial charge on any atom is 0.244 e. The number of anilines is 1. The van der Waals surface area contributed by atoms with Crippen LogP contribution in [0.3, 0.4) is 0 Å². The van der Waals surface area contributed by atoms with Crippen LogP contribution >= 0.6 is 0 Å². The molecule has 8 nitrogen and oxygen atoms in total. The zero-order chi connectivity index (χ0) is 20.9. The van der Waals surface area contributed by atoms with Crippen molar-refractivity contribution >= 4 is 15.8 Å². The predicted octanol–water partition coefficient (Wildman–Crippen LogP) is 2.45. The monoisotopic (exact) mass is 420 g/mol. The Labute approximate surface area is 172 Å². The molecule has 0 radical (unpaired) electrons. The molecule has 0 amide bonds. The first-order valence-corrected chi connectivity index (χ1v) is 11.2. The first-order chi connectivity index (χ1) is 13.9. The number of hydrogen-bond donors (Lipinski definition) is 1. The fraction of sp³-hybridized carbons (Fsp3) is 0.500. The van der Waals surface area contributed by atoms with Crippen LogP contribution in [0.4, 0.5) is 5.82 Å². The molecule has 1 N–H and O–H groups in total. The summed E-state index contributed by atoms with van der Waals surface area (Å²) < 4.78 is 38.6. The van der Waals surface area contributed by atoms with E-state index in [0.29, 0.717) is 17.5 Å². The van der Waals surface area contributed by atoms with Crippen molar-refractivity contribution in [1.82, 2.24) is 14.7 Å². The summed E-state index contributed by atoms with van der Waals surface area (Å²) in [5, 5.41) is 0. The van der Waals surface area contributed by atoms with Crippen LogP contribution in [0.25, 0.3) is 0 Å². The SMILES string of the molecule is COc1cc(C)ccc1S(=O)(=O)NCCOc1cc(N2CCCCC2)nc(C)n1. The highest BCUT2D eigenvalue weighted by atomic mass is 32.2. The van der Waals surface area contributed by atoms with Crippen molar-refractivity contribution in [2.75, 3.05) is 38.3 Å². The van der Waals surface area contributed by atoms with Crippen molar-refractivity contribution in [2.45, 2.75) is 38.0 Å². The first kappa shape index (κ1) is 21.3. The van der Waals surface area contributed by atoms with Crippen molar-refractivity contribution < 1.29 is 17.9 Å². The molecule has 0 bridgehead atoms. The zero-order valence-corrected chi connectivity index (χ0v) is 18.0. The summed E-state index contributed by atoms with van der Waals surface area (Å²) in [6, 6.07) is 6.78. The van der Waals surface area contributed by atoms with Gasteiger partial charge in [0.05, 0.1) is 7.11 Å². The van der Waals surface area contributed by atoms with E-state index in [-0.39, 0.29) is 18.0 Å². The Morgan fingerprint density at radius 2 is 1.86 bits per heavy atom. The smallest absolute Gasteiger partial charge is 0.244 e. The van der Waals surface area contributed by atoms with Gasteiger partial charge in [-0.3, -0.25) is 0 Å². The van der Waals surface area contributed by atoms with Gasteiger partial charge in [-0.2, -0.15) is 4.98 Å². The molecule has 0 spiro atoms. The first-order valence-electron chi connectivity index (χ1n) is 9.77. The van der Waals surface area contributed by atoms with E-state index in [1.54, 1.807) is 12.1 Å². The fourth-order valence-electron chi connectivity index (χ4n) is 3.29. The van der Waals surface area contributed by atoms with E-state index in [2.05, 4.69) is 19.6 Å². The number of benzene rings is 1. The molecule has 1 aliphatic rings. The summed E-state index contributed by atoms with van der Waals surface area (Å²) in [6.45, 7) is 5.93. The second-order valence-electron chi connectivity index (χ2n) is 7.06. The number of hydrogen-bond acceptors (Lipinski definition) is 7. The molecule has 2 aromatic rings. The van der Waals surface area contributed by atoms with E-state index < -0.39 is 10.0 Å². The molecule has 1 fully saturated rings. The van der Waals surface area contributed by atoms with Crippen LogP contribution in [0, 0.1) is 13.8 Å². The Bertz CT molecular complexity index is 943. The molecule has 0 unspecified atom stereocenters. The largest absolute Gasteiger partial charge is 0.495 e. The maximum absolute atomic E-state index is 12.6. The standard InChI is InChI=1S/C20H28N4O4S/c1-15-7-8-18(17(13-15)27-3)29(25,26)21-9-12-28-20-14-19(22-16(2)23-20)24-10-5-4-6-11-24/h7-8,13-14,21H,4-6,9-12H2,1-3H3. The normalized spacial score (nSPS) is 14.7. The average molecular weight is 421 g/mol. The molecule has 2 heterocycles. The number of piperidine rings is 1. The molecule has 29 heavy (non-hydrogen) atoms. The van der Waals surface area contributed by atoms with E-state index in [0.717, 1.165) is 37.3 Å². The number of aryl methyl sites for hydroxylation is 2. The predicted molar refractivity (Wildman–Crippen MR) is 111 cm³/mol. The molecule has 1 aromatic carbocycles. The maximum atomic E-state index is 12.6. The Balaban J connectivity index is 1.59. The Kier molecular flexibility index (Phi) is 6.92. The van der Waals surface area contributed by atoms with Gasteiger partial charge in [0.2, 0.25) is 15.9 Å². The molecule has 3 rings (SSSR count). The van der Waals surface area contributed by atoms with Gasteiger partial charge in [-0.15, -0.1) is 0 Å². The van der Waals surface area contributed by atoms with Crippen LogP contribution in [0.5, 0.6) is 11.6 Å². The van der Waals surface area contributed by atoms with E-state index in [1.165, 1.54) is 19.6 Å². The highest BCUT2D eigenvalue weighted by Gasteiger charge is 2.19. The van der Waals surface area contributed by atoms with Gasteiger partial charge in [0.1, 0.15) is 28.9 Å². The summed E-state index contributed by atoms with van der Waals surface area (Å²) in [5.41, 5.74) is 0.924. The number of rotatable bonds is 8. The van der Waals surface area contributed by atoms with Crippen LogP contribution in [0.15, 0.2) is 29.2 Å². The summed E-state index contributed by atoms with van der Waals surface area (Å²) in [4.78, 5) is 11.1. The number of ether oxygens (including phenoxy) is 2. The van der Waals surface area contributed by atoms with Gasteiger partial charge >= 0.3 is 0 Å². The van der Waals surface area contributed by atoms with Gasteiger partial charge in [0.15, 0.2) is 0 Å². The number of sulfonamides is 1. The summed E-state index contributed by atoms with van der Waals surface area (Å²) in [5.74, 6) is 2.26. The molecular formula is C20H28N4O4S. The minimum absolute atomic E-state index is 0.107. The third-order valence-corrected chi connectivity index (χ3v) is 6.23. The van der Waals surface area contributed by atoms with E-state index in [9.17, 15) is 8.42 Å². The number of aromatic nitrogens is 2. The van der Waals surface area contributed by atoms with Crippen LogP contribution in [0.1, 0.15) is 30.7 Å². The topological polar surface area (TPSA) is 93.7 Å². The van der Waals surface area contributed by atoms with E-state index in [4.69, 9.17) is 9.47 Å². The van der Waals surface area contributed by atoms with Gasteiger partial charge in [0, 0.05) is 25.7 Å². The molecule has 1 saturated heterocycles. The molecular weight excluding hydrogens is 392 g/mol. The third-order valence-electron chi connectivity index (χ3n) is 4.73. The van der Waals surface area contributed by atoms with Crippen molar-refractivity contribution in [3.8, 4) is 11.6 Å². The average Bonchev–Trinajstić information content (AvgIpc) is 2.71. The second kappa shape index (κ2) is 9.41. The van der Waals surface area contributed by atoms with Crippen molar-refractivity contribution in [2.24, 2.45) is 0 Å². The summed E-state index contributed by atoms with van der Waals surface area (Å²) in [7, 11) is -2.25. The van der Waals surface area contributed by atoms with Gasteiger partial charge in [-0.1, -0.05) is 6.07 Å². The number of nitrogens with zero attached hydrogens (tertiary/aromatic N) is 3. The van der Waals surface area contributed by atoms with Gasteiger partial charge in [0.25, 0.3) is 0 Å². The van der Waals surface area contributed by atoms with E-state index in [1.807, 2.05) is 19.9 Å². The molecule has 0 aliphatic carbocycles. The van der Waals surface area contributed by atoms with E-state index >= 15 is 0 Å². The van der Waals surface area contributed by atoms with Crippen LogP contribution in [0.2, 0.25) is 0 Å². The molecule has 9 heteroatoms. The highest BCUT2D eigenvalue weighted by Crippen LogP contribution is 2.24. The Morgan fingerprint density at radius 3 is 2.59 bits per heavy atom. The van der Waals surface area contributed by atoms with Gasteiger partial charge in [-0.05, 0) is 50.8 Å². The van der Waals surface area contributed by atoms with Crippen molar-refractivity contribution in [3.63, 3.8) is 0 Å². The quantitative estimate of drug-likeness (QED) is 0.656. The molecule has 0 atom stereocenters. The van der Waals surface area contributed by atoms with Crippen molar-refractivity contribution in [1.29, 1.82) is 0 Å². The Hall–Kier alpha value is -2.39. The zero-order valence-electron chi connectivity index (χ0n) is 17.1. The number of methoxy groups -OCH3 is 1. The van der Waals surface area contributed by atoms with Gasteiger partial charge < -0.3 is 14.4 Å². The molecule has 1 aliphatic heterocycles. The molecule has 1 aromatic heterocycles. The van der Waals surface area contributed by atoms with Gasteiger partial charge in [-0.25, -0.2) is 18.1 Å². The summed E-state index contributed by atoms with van der Waals surface area (Å²) in [6.07, 6.45) is 3.56. The summed E-state index contributed by atoms with van der Waals surface area (Å²) >= 11 is 0. The molecule has 158 valence electrons. The van der Waals surface area contributed by atoms with Crippen molar-refractivity contribution in [3.05, 3.63) is 35.7 Å². The lowest BCUT2D eigenvalue weighted by molar-refractivity contribution is 0.309. The third kappa shape index (κ3) is 5.57. The lowest BCUT2D eigenvalue weighted by Crippen LogP contribution is -2.30. The fourth-order valence-corrected chi connectivity index (χ4v) is 4.45. The van der Waals surface area contributed by atoms with Crippen LogP contribution in [-0.2, 0) is 10.0 Å². The number of nitrogens with one attached hydrogen (secondary N) is 1. The lowest BCUT2D eigenvalue weighted by atomic mass is 10.1.